The second-order valence-electron chi connectivity index (χ2n) is 10.6. The maximum atomic E-state index is 13.5. The number of carbonyl (C=O) groups excluding carboxylic acids is 1. The number of aromatic nitrogens is 6. The molecule has 1 N–H and O–H groups in total. The molecule has 0 radical (unpaired) electrons. The molecule has 0 atom stereocenters. The standard InChI is InChI=1S/C13H14Cl2N2O2.C13H8ClF2N3.C5H3F2N/c1-13(2,3)19-12(18)17-7-8(5-14)10-4-9(15)6-16-11(10)17;14-9-4-10-8(5-17-13(10)18-6-9)3-7-1-2-11(15)19-12(7)16;6-4-2-1-3-5(7)8-4/h4,6-7H,5H2,1-3H3;1-2,4-6H,3H2,(H,17,18);1-3H. The maximum Gasteiger partial charge on any atom is 0.420 e. The predicted octanol–water partition coefficient (Wildman–Crippen LogP) is 9.05. The minimum absolute atomic E-state index is 0.272. The van der Waals surface area contributed by atoms with Gasteiger partial charge < -0.3 is 9.72 Å². The lowest BCUT2D eigenvalue weighted by Gasteiger charge is -2.19. The van der Waals surface area contributed by atoms with Crippen molar-refractivity contribution in [2.45, 2.75) is 38.7 Å². The van der Waals surface area contributed by atoms with E-state index in [1.807, 2.05) is 20.8 Å². The fourth-order valence-electron chi connectivity index (χ4n) is 4.04. The van der Waals surface area contributed by atoms with E-state index in [-0.39, 0.29) is 5.88 Å². The minimum atomic E-state index is -0.829. The Labute approximate surface area is 275 Å². The zero-order valence-corrected chi connectivity index (χ0v) is 26.7. The molecule has 0 saturated carbocycles. The molecule has 46 heavy (non-hydrogen) atoms. The van der Waals surface area contributed by atoms with Crippen LogP contribution in [0.15, 0.2) is 67.3 Å². The summed E-state index contributed by atoms with van der Waals surface area (Å²) in [5.41, 5.74) is 2.54. The van der Waals surface area contributed by atoms with Crippen molar-refractivity contribution < 1.29 is 27.1 Å². The van der Waals surface area contributed by atoms with Crippen molar-refractivity contribution >= 4 is 63.0 Å². The molecule has 0 aromatic carbocycles. The van der Waals surface area contributed by atoms with Gasteiger partial charge in [0.2, 0.25) is 23.8 Å². The summed E-state index contributed by atoms with van der Waals surface area (Å²) in [5.74, 6) is -2.93. The number of hydrogen-bond acceptors (Lipinski definition) is 6. The van der Waals surface area contributed by atoms with Gasteiger partial charge >= 0.3 is 6.09 Å². The highest BCUT2D eigenvalue weighted by atomic mass is 35.5. The topological polar surface area (TPSA) is 98.6 Å². The first kappa shape index (κ1) is 34.6. The molecule has 0 spiro atoms. The van der Waals surface area contributed by atoms with Gasteiger partial charge in [-0.25, -0.2) is 19.3 Å². The van der Waals surface area contributed by atoms with Gasteiger partial charge in [0.05, 0.1) is 10.0 Å². The Hall–Kier alpha value is -4.26. The largest absolute Gasteiger partial charge is 0.443 e. The van der Waals surface area contributed by atoms with Gasteiger partial charge in [-0.2, -0.15) is 27.5 Å². The van der Waals surface area contributed by atoms with E-state index in [9.17, 15) is 22.4 Å². The van der Waals surface area contributed by atoms with Crippen LogP contribution in [0.2, 0.25) is 10.0 Å². The molecule has 240 valence electrons. The van der Waals surface area contributed by atoms with Crippen LogP contribution in [-0.4, -0.2) is 41.2 Å². The first-order valence-electron chi connectivity index (χ1n) is 13.4. The van der Waals surface area contributed by atoms with Gasteiger partial charge in [-0.05, 0) is 68.3 Å². The molecular weight excluding hydrogens is 671 g/mol. The lowest BCUT2D eigenvalue weighted by molar-refractivity contribution is 0.0543. The third-order valence-corrected chi connectivity index (χ3v) is 6.67. The average Bonchev–Trinajstić information content (AvgIpc) is 3.54. The predicted molar refractivity (Wildman–Crippen MR) is 168 cm³/mol. The number of halogens is 7. The smallest absolute Gasteiger partial charge is 0.420 e. The van der Waals surface area contributed by atoms with E-state index in [1.54, 1.807) is 24.5 Å². The van der Waals surface area contributed by atoms with Crippen molar-refractivity contribution in [3.63, 3.8) is 0 Å². The van der Waals surface area contributed by atoms with Gasteiger partial charge in [0.1, 0.15) is 16.9 Å². The average molecular weight is 696 g/mol. The van der Waals surface area contributed by atoms with Gasteiger partial charge in [-0.3, -0.25) is 0 Å². The Morgan fingerprint density at radius 2 is 1.50 bits per heavy atom. The number of hydrogen-bond donors (Lipinski definition) is 1. The van der Waals surface area contributed by atoms with Crippen LogP contribution >= 0.6 is 34.8 Å². The molecule has 6 rings (SSSR count). The summed E-state index contributed by atoms with van der Waals surface area (Å²) < 4.78 is 56.6. The first-order valence-corrected chi connectivity index (χ1v) is 14.7. The Balaban J connectivity index is 0.000000169. The van der Waals surface area contributed by atoms with Gasteiger partial charge in [-0.15, -0.1) is 11.6 Å². The Morgan fingerprint density at radius 1 is 0.870 bits per heavy atom. The molecule has 0 unspecified atom stereocenters. The summed E-state index contributed by atoms with van der Waals surface area (Å²) in [6.45, 7) is 5.43. The van der Waals surface area contributed by atoms with Crippen LogP contribution in [0, 0.1) is 23.8 Å². The number of rotatable bonds is 3. The number of carbonyl (C=O) groups is 1. The Kier molecular flexibility index (Phi) is 11.2. The highest BCUT2D eigenvalue weighted by molar-refractivity contribution is 6.31. The van der Waals surface area contributed by atoms with Crippen LogP contribution in [0.3, 0.4) is 0 Å². The van der Waals surface area contributed by atoms with Crippen LogP contribution in [0.25, 0.3) is 22.1 Å². The molecule has 6 heterocycles. The second-order valence-corrected chi connectivity index (χ2v) is 11.7. The molecule has 6 aromatic rings. The molecule has 0 saturated heterocycles. The SMILES string of the molecule is CC(C)(C)OC(=O)n1cc(CCl)c2cc(Cl)cnc21.Fc1ccc(Cc2c[nH]c3ncc(Cl)cc23)c(F)n1.Fc1cccc(F)n1. The fraction of sp³-hybridized carbons (Fsp3) is 0.194. The zero-order valence-electron chi connectivity index (χ0n) is 24.5. The number of aromatic amines is 1. The van der Waals surface area contributed by atoms with E-state index in [0.29, 0.717) is 33.3 Å². The monoisotopic (exact) mass is 694 g/mol. The number of fused-ring (bicyclic) bond motifs is 2. The number of pyridine rings is 4. The van der Waals surface area contributed by atoms with Crippen LogP contribution in [-0.2, 0) is 17.0 Å². The van der Waals surface area contributed by atoms with Gasteiger partial charge in [0.25, 0.3) is 0 Å². The third-order valence-electron chi connectivity index (χ3n) is 5.96. The molecule has 0 amide bonds. The summed E-state index contributed by atoms with van der Waals surface area (Å²) >= 11 is 17.7. The lowest BCUT2D eigenvalue weighted by atomic mass is 10.1. The summed E-state index contributed by atoms with van der Waals surface area (Å²) in [6, 6.07) is 9.45. The van der Waals surface area contributed by atoms with Crippen molar-refractivity contribution in [1.82, 2.24) is 29.5 Å². The molecule has 6 aromatic heterocycles. The highest BCUT2D eigenvalue weighted by Crippen LogP contribution is 2.26. The number of nitrogens with one attached hydrogen (secondary N) is 1. The lowest BCUT2D eigenvalue weighted by Crippen LogP contribution is -2.26. The van der Waals surface area contributed by atoms with Crippen LogP contribution in [0.4, 0.5) is 22.4 Å². The molecular formula is C31H25Cl3F4N6O2. The number of H-pyrrole nitrogens is 1. The van der Waals surface area contributed by atoms with Crippen molar-refractivity contribution in [3.8, 4) is 0 Å². The Morgan fingerprint density at radius 3 is 2.09 bits per heavy atom. The fourth-order valence-corrected chi connectivity index (χ4v) is 4.57. The quantitative estimate of drug-likeness (QED) is 0.113. The van der Waals surface area contributed by atoms with Crippen molar-refractivity contribution in [1.29, 1.82) is 0 Å². The van der Waals surface area contributed by atoms with E-state index in [1.165, 1.54) is 29.1 Å². The van der Waals surface area contributed by atoms with Gasteiger partial charge in [0, 0.05) is 53.4 Å². The molecule has 0 fully saturated rings. The summed E-state index contributed by atoms with van der Waals surface area (Å²) in [4.78, 5) is 29.4. The second kappa shape index (κ2) is 14.9. The number of nitrogens with zero attached hydrogens (tertiary/aromatic N) is 5. The van der Waals surface area contributed by atoms with E-state index < -0.39 is 35.5 Å². The minimum Gasteiger partial charge on any atom is -0.443 e. The van der Waals surface area contributed by atoms with Crippen LogP contribution in [0.1, 0.15) is 37.5 Å². The summed E-state index contributed by atoms with van der Waals surface area (Å²) in [7, 11) is 0. The highest BCUT2D eigenvalue weighted by Gasteiger charge is 2.21. The molecule has 0 bridgehead atoms. The molecule has 0 aliphatic rings. The van der Waals surface area contributed by atoms with Crippen LogP contribution in [0.5, 0.6) is 0 Å². The van der Waals surface area contributed by atoms with Crippen molar-refractivity contribution in [2.24, 2.45) is 0 Å². The van der Waals surface area contributed by atoms with Gasteiger partial charge in [-0.1, -0.05) is 29.3 Å². The van der Waals surface area contributed by atoms with E-state index in [0.717, 1.165) is 40.1 Å². The van der Waals surface area contributed by atoms with Crippen LogP contribution < -0.4 is 0 Å². The zero-order chi connectivity index (χ0) is 33.6. The number of alkyl halides is 1. The van der Waals surface area contributed by atoms with E-state index >= 15 is 0 Å². The van der Waals surface area contributed by atoms with E-state index in [4.69, 9.17) is 39.5 Å². The summed E-state index contributed by atoms with van der Waals surface area (Å²) in [6.07, 6.45) is 6.20. The summed E-state index contributed by atoms with van der Waals surface area (Å²) in [5, 5.41) is 2.58. The Bertz CT molecular complexity index is 1980. The van der Waals surface area contributed by atoms with E-state index in [2.05, 4.69) is 24.9 Å². The van der Waals surface area contributed by atoms with Crippen molar-refractivity contribution in [3.05, 3.63) is 118 Å². The first-order chi connectivity index (χ1) is 21.7. The number of ether oxygens (including phenoxy) is 1. The maximum absolute atomic E-state index is 13.5. The van der Waals surface area contributed by atoms with Gasteiger partial charge in [0.15, 0.2) is 0 Å². The molecule has 15 heteroatoms. The van der Waals surface area contributed by atoms with Crippen molar-refractivity contribution in [2.75, 3.05) is 0 Å². The molecule has 8 nitrogen and oxygen atoms in total. The third kappa shape index (κ3) is 9.15. The molecule has 0 aliphatic heterocycles. The normalized spacial score (nSPS) is 11.1. The molecule has 0 aliphatic carbocycles.